The molecule has 1 aromatic rings. The number of nitrogens with zero attached hydrogens (tertiary/aromatic N) is 4. The van der Waals surface area contributed by atoms with Crippen molar-refractivity contribution in [3.8, 4) is 6.07 Å². The van der Waals surface area contributed by atoms with Gasteiger partial charge in [-0.25, -0.2) is 0 Å². The summed E-state index contributed by atoms with van der Waals surface area (Å²) < 4.78 is 0. The van der Waals surface area contributed by atoms with E-state index in [0.717, 1.165) is 51.3 Å². The van der Waals surface area contributed by atoms with E-state index in [2.05, 4.69) is 27.7 Å². The predicted octanol–water partition coefficient (Wildman–Crippen LogP) is 2.73. The molecule has 0 aromatic heterocycles. The largest absolute Gasteiger partial charge is 0.369 e. The molecular formula is C19H25ClN4O. The second kappa shape index (κ2) is 8.07. The second-order valence-electron chi connectivity index (χ2n) is 6.97. The molecule has 2 saturated heterocycles. The number of piperidine rings is 1. The fourth-order valence-corrected chi connectivity index (χ4v) is 3.92. The normalized spacial score (nSPS) is 21.9. The van der Waals surface area contributed by atoms with Gasteiger partial charge in [-0.2, -0.15) is 5.26 Å². The summed E-state index contributed by atoms with van der Waals surface area (Å²) in [6.07, 6.45) is 3.49. The third-order valence-electron chi connectivity index (χ3n) is 5.29. The highest BCUT2D eigenvalue weighted by Gasteiger charge is 2.26. The quantitative estimate of drug-likeness (QED) is 0.831. The van der Waals surface area contributed by atoms with Gasteiger partial charge < -0.3 is 9.80 Å². The molecule has 1 unspecified atom stereocenters. The molecule has 0 bridgehead atoms. The number of piperazine rings is 1. The third kappa shape index (κ3) is 4.26. The van der Waals surface area contributed by atoms with Gasteiger partial charge in [-0.1, -0.05) is 11.6 Å². The molecule has 1 amide bonds. The molecular weight excluding hydrogens is 336 g/mol. The van der Waals surface area contributed by atoms with Crippen molar-refractivity contribution in [1.82, 2.24) is 9.80 Å². The van der Waals surface area contributed by atoms with Crippen LogP contribution in [0.2, 0.25) is 5.02 Å². The van der Waals surface area contributed by atoms with Crippen LogP contribution in [-0.2, 0) is 4.79 Å². The van der Waals surface area contributed by atoms with Gasteiger partial charge >= 0.3 is 0 Å². The SMILES string of the molecule is CC1CCCCN1C(=O)CN1CCN(c2ccc(C#N)c(Cl)c2)CC1. The van der Waals surface area contributed by atoms with Crippen LogP contribution >= 0.6 is 11.6 Å². The zero-order chi connectivity index (χ0) is 17.8. The average Bonchev–Trinajstić information content (AvgIpc) is 2.62. The van der Waals surface area contributed by atoms with Crippen LogP contribution in [0, 0.1) is 11.3 Å². The van der Waals surface area contributed by atoms with E-state index in [4.69, 9.17) is 16.9 Å². The Morgan fingerprint density at radius 3 is 2.64 bits per heavy atom. The number of amides is 1. The van der Waals surface area contributed by atoms with E-state index in [1.54, 1.807) is 6.07 Å². The van der Waals surface area contributed by atoms with Crippen molar-refractivity contribution in [2.75, 3.05) is 44.2 Å². The number of rotatable bonds is 3. The van der Waals surface area contributed by atoms with Gasteiger partial charge in [0.2, 0.25) is 5.91 Å². The zero-order valence-corrected chi connectivity index (χ0v) is 15.5. The summed E-state index contributed by atoms with van der Waals surface area (Å²) in [7, 11) is 0. The number of carbonyl (C=O) groups excluding carboxylic acids is 1. The smallest absolute Gasteiger partial charge is 0.236 e. The number of hydrogen-bond donors (Lipinski definition) is 0. The highest BCUT2D eigenvalue weighted by molar-refractivity contribution is 6.32. The Hall–Kier alpha value is -1.77. The summed E-state index contributed by atoms with van der Waals surface area (Å²) in [6, 6.07) is 8.04. The molecule has 1 atom stereocenters. The number of benzene rings is 1. The fraction of sp³-hybridized carbons (Fsp3) is 0.579. The molecule has 0 aliphatic carbocycles. The van der Waals surface area contributed by atoms with E-state index in [1.165, 1.54) is 6.42 Å². The van der Waals surface area contributed by atoms with Gasteiger partial charge in [0.05, 0.1) is 17.1 Å². The number of halogens is 1. The van der Waals surface area contributed by atoms with Gasteiger partial charge in [-0.05, 0) is 44.4 Å². The van der Waals surface area contributed by atoms with Gasteiger partial charge in [-0.15, -0.1) is 0 Å². The van der Waals surface area contributed by atoms with Gasteiger partial charge in [0, 0.05) is 44.5 Å². The van der Waals surface area contributed by atoms with Crippen LogP contribution in [0.5, 0.6) is 0 Å². The molecule has 0 N–H and O–H groups in total. The van der Waals surface area contributed by atoms with E-state index in [-0.39, 0.29) is 5.91 Å². The first-order chi connectivity index (χ1) is 12.1. The van der Waals surface area contributed by atoms with Crippen LogP contribution in [0.3, 0.4) is 0 Å². The van der Waals surface area contributed by atoms with Gasteiger partial charge in [-0.3, -0.25) is 9.69 Å². The van der Waals surface area contributed by atoms with Crippen molar-refractivity contribution in [3.05, 3.63) is 28.8 Å². The van der Waals surface area contributed by atoms with E-state index < -0.39 is 0 Å². The molecule has 6 heteroatoms. The second-order valence-corrected chi connectivity index (χ2v) is 7.38. The van der Waals surface area contributed by atoms with E-state index in [9.17, 15) is 4.79 Å². The summed E-state index contributed by atoms with van der Waals surface area (Å²) in [4.78, 5) is 19.1. The Labute approximate surface area is 154 Å². The Morgan fingerprint density at radius 1 is 1.24 bits per heavy atom. The van der Waals surface area contributed by atoms with Crippen molar-refractivity contribution < 1.29 is 4.79 Å². The lowest BCUT2D eigenvalue weighted by Gasteiger charge is -2.38. The molecule has 3 rings (SSSR count). The molecule has 2 fully saturated rings. The summed E-state index contributed by atoms with van der Waals surface area (Å²) >= 11 is 6.14. The monoisotopic (exact) mass is 360 g/mol. The third-order valence-corrected chi connectivity index (χ3v) is 5.61. The van der Waals surface area contributed by atoms with Gasteiger partial charge in [0.25, 0.3) is 0 Å². The van der Waals surface area contributed by atoms with Crippen molar-refractivity contribution in [2.24, 2.45) is 0 Å². The first-order valence-electron chi connectivity index (χ1n) is 9.05. The topological polar surface area (TPSA) is 50.6 Å². The molecule has 0 radical (unpaired) electrons. The summed E-state index contributed by atoms with van der Waals surface area (Å²) in [6.45, 7) is 7.05. The van der Waals surface area contributed by atoms with Crippen molar-refractivity contribution in [3.63, 3.8) is 0 Å². The highest BCUT2D eigenvalue weighted by atomic mass is 35.5. The Balaban J connectivity index is 1.52. The maximum atomic E-state index is 12.6. The Bertz CT molecular complexity index is 664. The minimum absolute atomic E-state index is 0.266. The molecule has 1 aromatic carbocycles. The molecule has 25 heavy (non-hydrogen) atoms. The van der Waals surface area contributed by atoms with E-state index in [1.807, 2.05) is 12.1 Å². The average molecular weight is 361 g/mol. The van der Waals surface area contributed by atoms with Crippen molar-refractivity contribution in [2.45, 2.75) is 32.2 Å². The Kier molecular flexibility index (Phi) is 5.82. The predicted molar refractivity (Wildman–Crippen MR) is 99.8 cm³/mol. The lowest BCUT2D eigenvalue weighted by molar-refractivity contribution is -0.135. The summed E-state index contributed by atoms with van der Waals surface area (Å²) in [5.41, 5.74) is 1.55. The zero-order valence-electron chi connectivity index (χ0n) is 14.7. The van der Waals surface area contributed by atoms with Crippen LogP contribution in [0.15, 0.2) is 18.2 Å². The lowest BCUT2D eigenvalue weighted by atomic mass is 10.0. The molecule has 5 nitrogen and oxygen atoms in total. The van der Waals surface area contributed by atoms with Crippen molar-refractivity contribution >= 4 is 23.2 Å². The minimum Gasteiger partial charge on any atom is -0.369 e. The number of carbonyl (C=O) groups is 1. The maximum absolute atomic E-state index is 12.6. The maximum Gasteiger partial charge on any atom is 0.236 e. The highest BCUT2D eigenvalue weighted by Crippen LogP contribution is 2.24. The minimum atomic E-state index is 0.266. The van der Waals surface area contributed by atoms with Gasteiger partial charge in [0.15, 0.2) is 0 Å². The standard InChI is InChI=1S/C19H25ClN4O/c1-15-4-2-3-7-24(15)19(25)14-22-8-10-23(11-9-22)17-6-5-16(13-21)18(20)12-17/h5-6,12,15H,2-4,7-11,14H2,1H3. The Morgan fingerprint density at radius 2 is 2.00 bits per heavy atom. The number of hydrogen-bond acceptors (Lipinski definition) is 4. The molecule has 2 heterocycles. The summed E-state index contributed by atoms with van der Waals surface area (Å²) in [5, 5.41) is 9.47. The molecule has 2 aliphatic rings. The van der Waals surface area contributed by atoms with E-state index >= 15 is 0 Å². The van der Waals surface area contributed by atoms with Crippen molar-refractivity contribution in [1.29, 1.82) is 5.26 Å². The fourth-order valence-electron chi connectivity index (χ4n) is 3.71. The van der Waals surface area contributed by atoms with Crippen LogP contribution in [0.4, 0.5) is 5.69 Å². The van der Waals surface area contributed by atoms with Crippen LogP contribution in [-0.4, -0.2) is 61.0 Å². The van der Waals surface area contributed by atoms with Gasteiger partial charge in [0.1, 0.15) is 6.07 Å². The number of anilines is 1. The van der Waals surface area contributed by atoms with Crippen LogP contribution < -0.4 is 4.90 Å². The summed E-state index contributed by atoms with van der Waals surface area (Å²) in [5.74, 6) is 0.266. The first-order valence-corrected chi connectivity index (χ1v) is 9.42. The lowest BCUT2D eigenvalue weighted by Crippen LogP contribution is -2.52. The van der Waals surface area contributed by atoms with E-state index in [0.29, 0.717) is 23.2 Å². The molecule has 2 aliphatic heterocycles. The van der Waals surface area contributed by atoms with Crippen LogP contribution in [0.25, 0.3) is 0 Å². The molecule has 0 saturated carbocycles. The molecule has 0 spiro atoms. The van der Waals surface area contributed by atoms with Crippen LogP contribution in [0.1, 0.15) is 31.7 Å². The number of likely N-dealkylation sites (tertiary alicyclic amines) is 1. The molecule has 134 valence electrons. The number of nitriles is 1. The first kappa shape index (κ1) is 18.0.